The van der Waals surface area contributed by atoms with Crippen LogP contribution >= 0.6 is 23.2 Å². The molecule has 0 radical (unpaired) electrons. The molecule has 1 atom stereocenters. The smallest absolute Gasteiger partial charge is 0.251 e. The molecule has 0 saturated heterocycles. The summed E-state index contributed by atoms with van der Waals surface area (Å²) in [7, 11) is 0. The summed E-state index contributed by atoms with van der Waals surface area (Å²) in [6.07, 6.45) is 0.741. The van der Waals surface area contributed by atoms with Crippen molar-refractivity contribution in [2.45, 2.75) is 25.8 Å². The number of nitrogens with one attached hydrogen (secondary N) is 1. The molecule has 0 fully saturated rings. The normalized spacial score (nSPS) is 11.9. The summed E-state index contributed by atoms with van der Waals surface area (Å²) in [4.78, 5) is 22.5. The highest BCUT2D eigenvalue weighted by molar-refractivity contribution is 6.42. The second kappa shape index (κ2) is 6.61. The molecule has 6 heteroatoms. The van der Waals surface area contributed by atoms with Crippen molar-refractivity contribution in [1.29, 1.82) is 0 Å². The molecular weight excluding hydrogens is 275 g/mol. The number of primary amides is 1. The van der Waals surface area contributed by atoms with Crippen molar-refractivity contribution in [2.24, 2.45) is 5.73 Å². The minimum Gasteiger partial charge on any atom is -0.370 e. The van der Waals surface area contributed by atoms with E-state index in [-0.39, 0.29) is 24.3 Å². The Bertz CT molecular complexity index is 463. The van der Waals surface area contributed by atoms with Gasteiger partial charge in [-0.3, -0.25) is 9.59 Å². The van der Waals surface area contributed by atoms with E-state index in [4.69, 9.17) is 28.9 Å². The predicted octanol–water partition coefficient (Wildman–Crippen LogP) is 2.38. The molecule has 0 aliphatic carbocycles. The van der Waals surface area contributed by atoms with Crippen LogP contribution < -0.4 is 11.1 Å². The van der Waals surface area contributed by atoms with Gasteiger partial charge in [-0.25, -0.2) is 0 Å². The van der Waals surface area contributed by atoms with Gasteiger partial charge in [0.15, 0.2) is 0 Å². The van der Waals surface area contributed by atoms with Crippen molar-refractivity contribution in [3.63, 3.8) is 0 Å². The van der Waals surface area contributed by atoms with Crippen molar-refractivity contribution in [3.8, 4) is 0 Å². The van der Waals surface area contributed by atoms with Gasteiger partial charge in [-0.05, 0) is 31.5 Å². The Balaban J connectivity index is 2.59. The van der Waals surface area contributed by atoms with Crippen LogP contribution in [-0.2, 0) is 4.79 Å². The number of carbonyl (C=O) groups excluding carboxylic acids is 2. The van der Waals surface area contributed by atoms with Crippen molar-refractivity contribution in [2.75, 3.05) is 0 Å². The van der Waals surface area contributed by atoms with E-state index >= 15 is 0 Å². The summed E-state index contributed by atoms with van der Waals surface area (Å²) in [5.74, 6) is -0.642. The topological polar surface area (TPSA) is 72.2 Å². The minimum absolute atomic E-state index is 0.139. The van der Waals surface area contributed by atoms with Gasteiger partial charge < -0.3 is 11.1 Å². The number of rotatable bonds is 5. The van der Waals surface area contributed by atoms with Gasteiger partial charge in [-0.2, -0.15) is 0 Å². The molecule has 1 aromatic rings. The van der Waals surface area contributed by atoms with E-state index in [2.05, 4.69) is 5.32 Å². The Morgan fingerprint density at radius 3 is 2.56 bits per heavy atom. The molecule has 0 heterocycles. The van der Waals surface area contributed by atoms with Gasteiger partial charge in [0.2, 0.25) is 5.91 Å². The van der Waals surface area contributed by atoms with Crippen LogP contribution in [0.2, 0.25) is 10.0 Å². The first-order valence-electron chi connectivity index (χ1n) is 5.44. The second-order valence-corrected chi connectivity index (χ2v) is 4.82. The molecule has 98 valence electrons. The summed E-state index contributed by atoms with van der Waals surface area (Å²) in [6.45, 7) is 1.80. The van der Waals surface area contributed by atoms with Crippen molar-refractivity contribution < 1.29 is 9.59 Å². The molecular formula is C12H14Cl2N2O2. The van der Waals surface area contributed by atoms with Crippen LogP contribution in [0.4, 0.5) is 0 Å². The Labute approximate surface area is 115 Å². The van der Waals surface area contributed by atoms with E-state index in [1.807, 2.05) is 0 Å². The maximum atomic E-state index is 11.8. The minimum atomic E-state index is -0.384. The molecule has 18 heavy (non-hydrogen) atoms. The molecule has 0 aromatic heterocycles. The fourth-order valence-electron chi connectivity index (χ4n) is 1.38. The number of nitrogens with two attached hydrogens (primary N) is 1. The number of benzene rings is 1. The van der Waals surface area contributed by atoms with Gasteiger partial charge in [-0.1, -0.05) is 23.2 Å². The van der Waals surface area contributed by atoms with Crippen LogP contribution in [0.3, 0.4) is 0 Å². The lowest BCUT2D eigenvalue weighted by atomic mass is 10.1. The van der Waals surface area contributed by atoms with Crippen LogP contribution in [0.15, 0.2) is 18.2 Å². The average Bonchev–Trinajstić information content (AvgIpc) is 2.30. The van der Waals surface area contributed by atoms with Crippen LogP contribution in [0.5, 0.6) is 0 Å². The fourth-order valence-corrected chi connectivity index (χ4v) is 1.67. The van der Waals surface area contributed by atoms with E-state index in [1.165, 1.54) is 6.07 Å². The molecule has 0 bridgehead atoms. The molecule has 1 rings (SSSR count). The van der Waals surface area contributed by atoms with Crippen LogP contribution in [0.25, 0.3) is 0 Å². The molecule has 2 amide bonds. The highest BCUT2D eigenvalue weighted by Crippen LogP contribution is 2.22. The lowest BCUT2D eigenvalue weighted by Crippen LogP contribution is -2.33. The third kappa shape index (κ3) is 4.55. The quantitative estimate of drug-likeness (QED) is 0.873. The van der Waals surface area contributed by atoms with Crippen LogP contribution in [-0.4, -0.2) is 17.9 Å². The fraction of sp³-hybridized carbons (Fsp3) is 0.333. The van der Waals surface area contributed by atoms with Crippen molar-refractivity contribution in [1.82, 2.24) is 5.32 Å². The Hall–Kier alpha value is -1.26. The van der Waals surface area contributed by atoms with E-state index in [9.17, 15) is 9.59 Å². The van der Waals surface area contributed by atoms with Gasteiger partial charge in [0.1, 0.15) is 0 Å². The van der Waals surface area contributed by atoms with Crippen molar-refractivity contribution >= 4 is 35.0 Å². The zero-order valence-corrected chi connectivity index (χ0v) is 11.4. The molecule has 3 N–H and O–H groups in total. The van der Waals surface area contributed by atoms with Crippen molar-refractivity contribution in [3.05, 3.63) is 33.8 Å². The maximum absolute atomic E-state index is 11.8. The molecule has 4 nitrogen and oxygen atoms in total. The summed E-state index contributed by atoms with van der Waals surface area (Å²) < 4.78 is 0. The number of carbonyl (C=O) groups is 2. The molecule has 0 aliphatic heterocycles. The summed E-state index contributed by atoms with van der Waals surface area (Å²) in [5, 5.41) is 3.48. The van der Waals surface area contributed by atoms with E-state index in [0.717, 1.165) is 0 Å². The monoisotopic (exact) mass is 288 g/mol. The number of hydrogen-bond donors (Lipinski definition) is 2. The SMILES string of the molecule is C[C@@H](CCC(N)=O)NC(=O)c1ccc(Cl)c(Cl)c1. The number of amides is 2. The van der Waals surface area contributed by atoms with E-state index in [0.29, 0.717) is 22.0 Å². The molecule has 0 unspecified atom stereocenters. The highest BCUT2D eigenvalue weighted by Gasteiger charge is 2.11. The van der Waals surface area contributed by atoms with Crippen LogP contribution in [0, 0.1) is 0 Å². The summed E-state index contributed by atoms with van der Waals surface area (Å²) >= 11 is 11.6. The third-order valence-corrected chi connectivity index (χ3v) is 3.12. The van der Waals surface area contributed by atoms with Gasteiger partial charge >= 0.3 is 0 Å². The lowest BCUT2D eigenvalue weighted by molar-refractivity contribution is -0.118. The van der Waals surface area contributed by atoms with Crippen LogP contribution in [0.1, 0.15) is 30.1 Å². The third-order valence-electron chi connectivity index (χ3n) is 2.38. The van der Waals surface area contributed by atoms with Gasteiger partial charge in [-0.15, -0.1) is 0 Å². The first-order chi connectivity index (χ1) is 8.40. The Kier molecular flexibility index (Phi) is 5.44. The Morgan fingerprint density at radius 1 is 1.33 bits per heavy atom. The largest absolute Gasteiger partial charge is 0.370 e. The van der Waals surface area contributed by atoms with E-state index in [1.54, 1.807) is 19.1 Å². The van der Waals surface area contributed by atoms with E-state index < -0.39 is 0 Å². The standard InChI is InChI=1S/C12H14Cl2N2O2/c1-7(2-5-11(15)17)16-12(18)8-3-4-9(13)10(14)6-8/h3-4,6-7H,2,5H2,1H3,(H2,15,17)(H,16,18)/t7-/m0/s1. The first-order valence-corrected chi connectivity index (χ1v) is 6.20. The molecule has 0 saturated carbocycles. The number of halogens is 2. The maximum Gasteiger partial charge on any atom is 0.251 e. The number of hydrogen-bond acceptors (Lipinski definition) is 2. The zero-order chi connectivity index (χ0) is 13.7. The summed E-state index contributed by atoms with van der Waals surface area (Å²) in [5.41, 5.74) is 5.46. The molecule has 0 spiro atoms. The van der Waals surface area contributed by atoms with Gasteiger partial charge in [0.05, 0.1) is 10.0 Å². The highest BCUT2D eigenvalue weighted by atomic mass is 35.5. The molecule has 0 aliphatic rings. The Morgan fingerprint density at radius 2 is 2.00 bits per heavy atom. The summed E-state index contributed by atoms with van der Waals surface area (Å²) in [6, 6.07) is 4.51. The van der Waals surface area contributed by atoms with Gasteiger partial charge in [0, 0.05) is 18.0 Å². The van der Waals surface area contributed by atoms with Gasteiger partial charge in [0.25, 0.3) is 5.91 Å². The zero-order valence-electron chi connectivity index (χ0n) is 9.87. The average molecular weight is 289 g/mol. The second-order valence-electron chi connectivity index (χ2n) is 4.01. The first kappa shape index (κ1) is 14.8. The predicted molar refractivity (Wildman–Crippen MR) is 71.8 cm³/mol. The lowest BCUT2D eigenvalue weighted by Gasteiger charge is -2.13. The molecule has 1 aromatic carbocycles.